The number of hydrogen-bond donors (Lipinski definition) is 1. The number of hydrogen-bond acceptors (Lipinski definition) is 5. The third-order valence-corrected chi connectivity index (χ3v) is 6.00. The lowest BCUT2D eigenvalue weighted by atomic mass is 9.93. The zero-order chi connectivity index (χ0) is 22.3. The molecule has 5 heteroatoms. The fourth-order valence-electron chi connectivity index (χ4n) is 3.96. The van der Waals surface area contributed by atoms with Crippen LogP contribution in [0.5, 0.6) is 17.2 Å². The highest BCUT2D eigenvalue weighted by Gasteiger charge is 2.20. The van der Waals surface area contributed by atoms with Crippen molar-refractivity contribution in [2.45, 2.75) is 38.5 Å². The molecular weight excluding hydrogens is 400 g/mol. The molecule has 0 unspecified atom stereocenters. The van der Waals surface area contributed by atoms with Crippen molar-refractivity contribution in [2.75, 3.05) is 14.2 Å². The Labute approximate surface area is 189 Å². The molecule has 1 fully saturated rings. The molecule has 3 aromatic carbocycles. The summed E-state index contributed by atoms with van der Waals surface area (Å²) >= 11 is 0. The minimum Gasteiger partial charge on any atom is -0.496 e. The molecule has 1 aliphatic rings. The molecule has 0 amide bonds. The Kier molecular flexibility index (Phi) is 6.94. The highest BCUT2D eigenvalue weighted by atomic mass is 16.5. The van der Waals surface area contributed by atoms with Crippen LogP contribution in [-0.2, 0) is 13.2 Å². The van der Waals surface area contributed by atoms with E-state index in [4.69, 9.17) is 14.2 Å². The summed E-state index contributed by atoms with van der Waals surface area (Å²) < 4.78 is 17.5. The van der Waals surface area contributed by atoms with Crippen molar-refractivity contribution < 1.29 is 14.2 Å². The maximum atomic E-state index is 9.50. The lowest BCUT2D eigenvalue weighted by Gasteiger charge is -2.27. The fourth-order valence-corrected chi connectivity index (χ4v) is 3.96. The van der Waals surface area contributed by atoms with Crippen LogP contribution in [0.25, 0.3) is 11.1 Å². The summed E-state index contributed by atoms with van der Waals surface area (Å²) in [6.07, 6.45) is 3.74. The fraction of sp³-hybridized carbons (Fsp3) is 0.296. The standard InChI is InChI=1S/C27H28N2O3/c1-30-26-14-22(15-27(31-2)25(26)17-29-21-10-7-11-21)32-18-20-9-4-6-13-24(20)23-12-5-3-8-19(23)16-28/h3-6,8-9,12-15,21,29H,7,10-11,17-18H2,1-2H3. The van der Waals surface area contributed by atoms with Crippen LogP contribution >= 0.6 is 0 Å². The highest BCUT2D eigenvalue weighted by Crippen LogP contribution is 2.35. The van der Waals surface area contributed by atoms with Crippen molar-refractivity contribution in [1.29, 1.82) is 5.26 Å². The number of nitriles is 1. The van der Waals surface area contributed by atoms with Gasteiger partial charge in [-0.2, -0.15) is 5.26 Å². The Balaban J connectivity index is 1.56. The van der Waals surface area contributed by atoms with Gasteiger partial charge < -0.3 is 19.5 Å². The molecular formula is C27H28N2O3. The van der Waals surface area contributed by atoms with Gasteiger partial charge in [0, 0.05) is 24.7 Å². The van der Waals surface area contributed by atoms with E-state index in [-0.39, 0.29) is 0 Å². The topological polar surface area (TPSA) is 63.5 Å². The summed E-state index contributed by atoms with van der Waals surface area (Å²) in [7, 11) is 3.33. The van der Waals surface area contributed by atoms with Crippen LogP contribution in [0.15, 0.2) is 60.7 Å². The van der Waals surface area contributed by atoms with Gasteiger partial charge in [-0.3, -0.25) is 0 Å². The number of methoxy groups -OCH3 is 2. The molecule has 0 aliphatic heterocycles. The van der Waals surface area contributed by atoms with Gasteiger partial charge in [0.05, 0.1) is 31.4 Å². The summed E-state index contributed by atoms with van der Waals surface area (Å²) in [6, 6.07) is 22.3. The van der Waals surface area contributed by atoms with Crippen molar-refractivity contribution in [3.05, 3.63) is 77.4 Å². The summed E-state index contributed by atoms with van der Waals surface area (Å²) in [5, 5.41) is 13.1. The quantitative estimate of drug-likeness (QED) is 0.490. The molecule has 4 rings (SSSR count). The number of nitrogens with one attached hydrogen (secondary N) is 1. The van der Waals surface area contributed by atoms with Gasteiger partial charge in [0.2, 0.25) is 0 Å². The molecule has 1 saturated carbocycles. The lowest BCUT2D eigenvalue weighted by Crippen LogP contribution is -2.34. The summed E-state index contributed by atoms with van der Waals surface area (Å²) in [4.78, 5) is 0. The van der Waals surface area contributed by atoms with Gasteiger partial charge in [0.15, 0.2) is 0 Å². The summed E-state index contributed by atoms with van der Waals surface area (Å²) in [5.41, 5.74) is 4.54. The van der Waals surface area contributed by atoms with Crippen molar-refractivity contribution in [3.8, 4) is 34.4 Å². The zero-order valence-corrected chi connectivity index (χ0v) is 18.6. The van der Waals surface area contributed by atoms with Gasteiger partial charge in [-0.1, -0.05) is 48.9 Å². The van der Waals surface area contributed by atoms with E-state index in [1.54, 1.807) is 14.2 Å². The predicted octanol–water partition coefficient (Wildman–Crippen LogP) is 5.46. The largest absolute Gasteiger partial charge is 0.496 e. The number of benzene rings is 3. The van der Waals surface area contributed by atoms with Gasteiger partial charge >= 0.3 is 0 Å². The number of ether oxygens (including phenoxy) is 3. The number of nitrogens with zero attached hydrogens (tertiary/aromatic N) is 1. The average molecular weight is 429 g/mol. The molecule has 0 spiro atoms. The Morgan fingerprint density at radius 2 is 1.59 bits per heavy atom. The van der Waals surface area contributed by atoms with Gasteiger partial charge in [-0.25, -0.2) is 0 Å². The highest BCUT2D eigenvalue weighted by molar-refractivity contribution is 5.73. The third-order valence-electron chi connectivity index (χ3n) is 6.00. The van der Waals surface area contributed by atoms with Crippen LogP contribution in [0.2, 0.25) is 0 Å². The minimum atomic E-state index is 0.363. The van der Waals surface area contributed by atoms with E-state index in [9.17, 15) is 5.26 Å². The van der Waals surface area contributed by atoms with Crippen LogP contribution in [0, 0.1) is 11.3 Å². The lowest BCUT2D eigenvalue weighted by molar-refractivity contribution is 0.298. The number of rotatable bonds is 9. The first-order valence-electron chi connectivity index (χ1n) is 10.9. The van der Waals surface area contributed by atoms with Crippen LogP contribution in [0.4, 0.5) is 0 Å². The molecule has 0 aromatic heterocycles. The second-order valence-electron chi connectivity index (χ2n) is 7.92. The van der Waals surface area contributed by atoms with E-state index >= 15 is 0 Å². The van der Waals surface area contributed by atoms with E-state index in [0.717, 1.165) is 33.8 Å². The van der Waals surface area contributed by atoms with Crippen molar-refractivity contribution in [1.82, 2.24) is 5.32 Å². The van der Waals surface area contributed by atoms with Crippen LogP contribution in [-0.4, -0.2) is 20.3 Å². The maximum Gasteiger partial charge on any atom is 0.130 e. The van der Waals surface area contributed by atoms with Gasteiger partial charge in [-0.05, 0) is 35.6 Å². The maximum absolute atomic E-state index is 9.50. The molecule has 3 aromatic rings. The van der Waals surface area contributed by atoms with Gasteiger partial charge in [-0.15, -0.1) is 0 Å². The smallest absolute Gasteiger partial charge is 0.130 e. The Morgan fingerprint density at radius 1 is 0.938 bits per heavy atom. The normalized spacial score (nSPS) is 13.2. The Morgan fingerprint density at radius 3 is 2.22 bits per heavy atom. The molecule has 32 heavy (non-hydrogen) atoms. The molecule has 1 N–H and O–H groups in total. The summed E-state index contributed by atoms with van der Waals surface area (Å²) in [5.74, 6) is 2.16. The molecule has 0 bridgehead atoms. The molecule has 0 atom stereocenters. The second-order valence-corrected chi connectivity index (χ2v) is 7.92. The first-order chi connectivity index (χ1) is 15.7. The zero-order valence-electron chi connectivity index (χ0n) is 18.6. The monoisotopic (exact) mass is 428 g/mol. The molecule has 1 aliphatic carbocycles. The van der Waals surface area contributed by atoms with E-state index in [1.807, 2.05) is 60.7 Å². The molecule has 0 radical (unpaired) electrons. The summed E-state index contributed by atoms with van der Waals surface area (Å²) in [6.45, 7) is 1.06. The average Bonchev–Trinajstić information content (AvgIpc) is 2.82. The first-order valence-corrected chi connectivity index (χ1v) is 10.9. The van der Waals surface area contributed by atoms with Crippen molar-refractivity contribution >= 4 is 0 Å². The van der Waals surface area contributed by atoms with Crippen LogP contribution in [0.3, 0.4) is 0 Å². The van der Waals surface area contributed by atoms with E-state index in [0.29, 0.717) is 30.5 Å². The SMILES string of the molecule is COc1cc(OCc2ccccc2-c2ccccc2C#N)cc(OC)c1CNC1CCC1. The van der Waals surface area contributed by atoms with Gasteiger partial charge in [0.25, 0.3) is 0 Å². The van der Waals surface area contributed by atoms with Gasteiger partial charge in [0.1, 0.15) is 23.9 Å². The van der Waals surface area contributed by atoms with E-state index < -0.39 is 0 Å². The van der Waals surface area contributed by atoms with E-state index in [1.165, 1.54) is 19.3 Å². The first kappa shape index (κ1) is 21.7. The minimum absolute atomic E-state index is 0.363. The molecule has 0 heterocycles. The molecule has 164 valence electrons. The third kappa shape index (κ3) is 4.71. The van der Waals surface area contributed by atoms with Crippen molar-refractivity contribution in [2.24, 2.45) is 0 Å². The Hall–Kier alpha value is -3.49. The molecule has 5 nitrogen and oxygen atoms in total. The van der Waals surface area contributed by atoms with Crippen LogP contribution in [0.1, 0.15) is 36.0 Å². The van der Waals surface area contributed by atoms with Crippen LogP contribution < -0.4 is 19.5 Å². The van der Waals surface area contributed by atoms with Crippen molar-refractivity contribution in [3.63, 3.8) is 0 Å². The Bertz CT molecular complexity index is 1090. The van der Waals surface area contributed by atoms with E-state index in [2.05, 4.69) is 11.4 Å². The second kappa shape index (κ2) is 10.2. The molecule has 0 saturated heterocycles. The predicted molar refractivity (Wildman–Crippen MR) is 125 cm³/mol.